The Morgan fingerprint density at radius 2 is 1.67 bits per heavy atom. The van der Waals surface area contributed by atoms with E-state index in [2.05, 4.69) is 15.2 Å². The minimum atomic E-state index is -0.0763. The number of piperazine rings is 1. The summed E-state index contributed by atoms with van der Waals surface area (Å²) in [6.07, 6.45) is 3.65. The maximum Gasteiger partial charge on any atom is 0.233 e. The van der Waals surface area contributed by atoms with E-state index in [1.807, 2.05) is 0 Å². The number of carbonyl (C=O) groups excluding carboxylic acids is 1. The third-order valence-electron chi connectivity index (χ3n) is 3.42. The van der Waals surface area contributed by atoms with Gasteiger partial charge in [0, 0.05) is 39.1 Å². The molecule has 6 nitrogen and oxygen atoms in total. The van der Waals surface area contributed by atoms with Gasteiger partial charge in [-0.2, -0.15) is 0 Å². The van der Waals surface area contributed by atoms with Crippen molar-refractivity contribution in [2.45, 2.75) is 25.7 Å². The molecule has 0 aromatic rings. The van der Waals surface area contributed by atoms with E-state index in [0.29, 0.717) is 6.42 Å². The summed E-state index contributed by atoms with van der Waals surface area (Å²) in [7, 11) is 0. The van der Waals surface area contributed by atoms with Crippen molar-refractivity contribution in [1.82, 2.24) is 15.2 Å². The number of β-amino-alcohol motifs (C(OH)–C–C–N with tert-alkyl or cyclic N) is 1. The van der Waals surface area contributed by atoms with E-state index < -0.39 is 0 Å². The van der Waals surface area contributed by atoms with Crippen LogP contribution in [0, 0.1) is 0 Å². The molecule has 1 aliphatic rings. The topological polar surface area (TPSA) is 81.8 Å². The van der Waals surface area contributed by atoms with Gasteiger partial charge in [0.15, 0.2) is 0 Å². The molecule has 0 aromatic carbocycles. The fourth-order valence-electron chi connectivity index (χ4n) is 2.25. The number of unbranched alkanes of at least 4 members (excludes halogenated alkanes) is 2. The van der Waals surface area contributed by atoms with Crippen molar-refractivity contribution in [3.05, 3.63) is 0 Å². The smallest absolute Gasteiger partial charge is 0.233 e. The highest BCUT2D eigenvalue weighted by Crippen LogP contribution is 2.05. The standard InChI is InChI=1S/C12H26N4O2/c13-14-12(18)4-2-1-3-5-15-6-8-16(9-7-15)10-11-17/h17H,1-11,13H2,(H,14,18). The van der Waals surface area contributed by atoms with Crippen LogP contribution in [0.4, 0.5) is 0 Å². The largest absolute Gasteiger partial charge is 0.395 e. The first-order chi connectivity index (χ1) is 8.76. The van der Waals surface area contributed by atoms with E-state index in [0.717, 1.165) is 58.5 Å². The van der Waals surface area contributed by atoms with Crippen LogP contribution >= 0.6 is 0 Å². The molecule has 0 aromatic heterocycles. The summed E-state index contributed by atoms with van der Waals surface area (Å²) in [4.78, 5) is 15.7. The molecule has 0 aliphatic carbocycles. The Labute approximate surface area is 109 Å². The summed E-state index contributed by atoms with van der Waals surface area (Å²) in [6.45, 7) is 6.43. The van der Waals surface area contributed by atoms with E-state index in [4.69, 9.17) is 10.9 Å². The van der Waals surface area contributed by atoms with Gasteiger partial charge < -0.3 is 10.0 Å². The zero-order chi connectivity index (χ0) is 13.2. The molecule has 1 fully saturated rings. The minimum Gasteiger partial charge on any atom is -0.395 e. The van der Waals surface area contributed by atoms with Gasteiger partial charge in [-0.3, -0.25) is 15.1 Å². The number of carbonyl (C=O) groups is 1. The van der Waals surface area contributed by atoms with Crippen LogP contribution in [-0.2, 0) is 4.79 Å². The number of rotatable bonds is 8. The molecule has 18 heavy (non-hydrogen) atoms. The predicted molar refractivity (Wildman–Crippen MR) is 70.8 cm³/mol. The summed E-state index contributed by atoms with van der Waals surface area (Å²) in [5.41, 5.74) is 2.15. The molecule has 0 spiro atoms. The molecule has 1 aliphatic heterocycles. The summed E-state index contributed by atoms with van der Waals surface area (Å²) >= 11 is 0. The lowest BCUT2D eigenvalue weighted by Gasteiger charge is -2.34. The molecule has 0 radical (unpaired) electrons. The van der Waals surface area contributed by atoms with E-state index in [9.17, 15) is 4.79 Å². The zero-order valence-corrected chi connectivity index (χ0v) is 11.1. The lowest BCUT2D eigenvalue weighted by atomic mass is 10.1. The monoisotopic (exact) mass is 258 g/mol. The third kappa shape index (κ3) is 6.30. The number of amides is 1. The molecule has 1 saturated heterocycles. The lowest BCUT2D eigenvalue weighted by Crippen LogP contribution is -2.47. The summed E-state index contributed by atoms with van der Waals surface area (Å²) in [5.74, 6) is 4.93. The van der Waals surface area contributed by atoms with Crippen LogP contribution in [0.3, 0.4) is 0 Å². The fourth-order valence-corrected chi connectivity index (χ4v) is 2.25. The lowest BCUT2D eigenvalue weighted by molar-refractivity contribution is -0.121. The van der Waals surface area contributed by atoms with Gasteiger partial charge in [0.2, 0.25) is 5.91 Å². The van der Waals surface area contributed by atoms with Gasteiger partial charge in [-0.15, -0.1) is 0 Å². The van der Waals surface area contributed by atoms with Crippen molar-refractivity contribution in [2.24, 2.45) is 5.84 Å². The average Bonchev–Trinajstić information content (AvgIpc) is 2.40. The Morgan fingerprint density at radius 1 is 1.06 bits per heavy atom. The number of hydrazine groups is 1. The van der Waals surface area contributed by atoms with Crippen molar-refractivity contribution < 1.29 is 9.90 Å². The van der Waals surface area contributed by atoms with E-state index in [-0.39, 0.29) is 12.5 Å². The molecule has 106 valence electrons. The molecule has 1 rings (SSSR count). The first-order valence-electron chi connectivity index (χ1n) is 6.81. The van der Waals surface area contributed by atoms with Gasteiger partial charge in [0.1, 0.15) is 0 Å². The summed E-state index contributed by atoms with van der Waals surface area (Å²) in [6, 6.07) is 0. The molecule has 0 bridgehead atoms. The van der Waals surface area contributed by atoms with Crippen LogP contribution in [0.25, 0.3) is 0 Å². The van der Waals surface area contributed by atoms with Gasteiger partial charge in [0.25, 0.3) is 0 Å². The molecule has 1 heterocycles. The molecule has 0 unspecified atom stereocenters. The van der Waals surface area contributed by atoms with Crippen LogP contribution in [0.5, 0.6) is 0 Å². The van der Waals surface area contributed by atoms with Gasteiger partial charge in [-0.05, 0) is 19.4 Å². The van der Waals surface area contributed by atoms with Gasteiger partial charge in [-0.25, -0.2) is 5.84 Å². The van der Waals surface area contributed by atoms with Gasteiger partial charge in [0.05, 0.1) is 6.61 Å². The zero-order valence-electron chi connectivity index (χ0n) is 11.1. The van der Waals surface area contributed by atoms with Crippen molar-refractivity contribution in [3.63, 3.8) is 0 Å². The normalized spacial score (nSPS) is 17.9. The second-order valence-electron chi connectivity index (χ2n) is 4.79. The van der Waals surface area contributed by atoms with E-state index in [1.54, 1.807) is 0 Å². The molecule has 6 heteroatoms. The quantitative estimate of drug-likeness (QED) is 0.229. The van der Waals surface area contributed by atoms with Crippen molar-refractivity contribution in [3.8, 4) is 0 Å². The number of nitrogens with two attached hydrogens (primary N) is 1. The summed E-state index contributed by atoms with van der Waals surface area (Å²) in [5, 5.41) is 8.85. The van der Waals surface area contributed by atoms with Crippen LogP contribution in [0.1, 0.15) is 25.7 Å². The van der Waals surface area contributed by atoms with E-state index >= 15 is 0 Å². The number of aliphatic hydroxyl groups is 1. The third-order valence-corrected chi connectivity index (χ3v) is 3.42. The summed E-state index contributed by atoms with van der Waals surface area (Å²) < 4.78 is 0. The van der Waals surface area contributed by atoms with Crippen molar-refractivity contribution >= 4 is 5.91 Å². The Bertz CT molecular complexity index is 230. The first kappa shape index (κ1) is 15.4. The molecule has 4 N–H and O–H groups in total. The van der Waals surface area contributed by atoms with Crippen molar-refractivity contribution in [1.29, 1.82) is 0 Å². The SMILES string of the molecule is NNC(=O)CCCCCN1CCN(CCO)CC1. The average molecular weight is 258 g/mol. The fraction of sp³-hybridized carbons (Fsp3) is 0.917. The molecule has 1 amide bonds. The number of aliphatic hydroxyl groups excluding tert-OH is 1. The predicted octanol–water partition coefficient (Wildman–Crippen LogP) is -0.853. The highest BCUT2D eigenvalue weighted by Gasteiger charge is 2.15. The second kappa shape index (κ2) is 9.27. The second-order valence-corrected chi connectivity index (χ2v) is 4.79. The number of hydrogen-bond acceptors (Lipinski definition) is 5. The molecular formula is C12H26N4O2. The Morgan fingerprint density at radius 3 is 2.22 bits per heavy atom. The Hall–Kier alpha value is -0.690. The number of nitrogens with zero attached hydrogens (tertiary/aromatic N) is 2. The molecule has 0 saturated carbocycles. The number of nitrogens with one attached hydrogen (secondary N) is 1. The highest BCUT2D eigenvalue weighted by molar-refractivity contribution is 5.74. The van der Waals surface area contributed by atoms with E-state index in [1.165, 1.54) is 0 Å². The van der Waals surface area contributed by atoms with Crippen LogP contribution in [0.15, 0.2) is 0 Å². The van der Waals surface area contributed by atoms with Gasteiger partial charge >= 0.3 is 0 Å². The first-order valence-corrected chi connectivity index (χ1v) is 6.81. The maximum atomic E-state index is 10.9. The highest BCUT2D eigenvalue weighted by atomic mass is 16.3. The van der Waals surface area contributed by atoms with Gasteiger partial charge in [-0.1, -0.05) is 6.42 Å². The van der Waals surface area contributed by atoms with Crippen LogP contribution < -0.4 is 11.3 Å². The van der Waals surface area contributed by atoms with Crippen molar-refractivity contribution in [2.75, 3.05) is 45.9 Å². The Balaban J connectivity index is 1.96. The maximum absolute atomic E-state index is 10.9. The minimum absolute atomic E-state index is 0.0763. The van der Waals surface area contributed by atoms with Crippen LogP contribution in [0.2, 0.25) is 0 Å². The number of hydrogen-bond donors (Lipinski definition) is 3. The molecule has 0 atom stereocenters. The van der Waals surface area contributed by atoms with Crippen LogP contribution in [-0.4, -0.2) is 66.7 Å². The Kier molecular flexibility index (Phi) is 7.91. The molecular weight excluding hydrogens is 232 g/mol.